The van der Waals surface area contributed by atoms with Gasteiger partial charge in [-0.15, -0.1) is 0 Å². The summed E-state index contributed by atoms with van der Waals surface area (Å²) in [6.07, 6.45) is 13.3. The third-order valence-corrected chi connectivity index (χ3v) is 20.5. The lowest BCUT2D eigenvalue weighted by atomic mass is 10.1. The summed E-state index contributed by atoms with van der Waals surface area (Å²) in [6.45, 7) is 6.55. The van der Waals surface area contributed by atoms with E-state index >= 15 is 0 Å². The number of hydrogen-bond acceptors (Lipinski definition) is 13. The molecule has 15 nitrogen and oxygen atoms in total. The van der Waals surface area contributed by atoms with Crippen molar-refractivity contribution in [3.8, 4) is 0 Å². The number of rotatable bonds is 25. The van der Waals surface area contributed by atoms with Gasteiger partial charge in [0, 0.05) is 88.0 Å². The summed E-state index contributed by atoms with van der Waals surface area (Å²) >= 11 is 25.6. The molecule has 0 unspecified atom stereocenters. The van der Waals surface area contributed by atoms with E-state index in [9.17, 15) is 43.7 Å². The molecule has 2 aliphatic heterocycles. The van der Waals surface area contributed by atoms with Crippen molar-refractivity contribution in [1.29, 1.82) is 0 Å². The summed E-state index contributed by atoms with van der Waals surface area (Å²) in [5, 5.41) is 8.58. The van der Waals surface area contributed by atoms with E-state index < -0.39 is 36.1 Å². The second kappa shape index (κ2) is 26.3. The van der Waals surface area contributed by atoms with Crippen molar-refractivity contribution >= 4 is 161 Å². The number of benzene rings is 4. The van der Waals surface area contributed by atoms with Crippen LogP contribution in [0.15, 0.2) is 121 Å². The van der Waals surface area contributed by atoms with E-state index in [0.29, 0.717) is 77.1 Å². The minimum Gasteiger partial charge on any atom is -0.356 e. The number of hydrogen-bond donors (Lipinski definition) is 4. The molecule has 78 heavy (non-hydrogen) atoms. The summed E-state index contributed by atoms with van der Waals surface area (Å²) < 4.78 is 104. The number of nitrogens with one attached hydrogen (secondary N) is 1. The van der Waals surface area contributed by atoms with E-state index in [4.69, 9.17) is 34.8 Å². The third-order valence-electron chi connectivity index (χ3n) is 12.9. The zero-order chi connectivity index (χ0) is 55.9. The van der Waals surface area contributed by atoms with Crippen molar-refractivity contribution < 1.29 is 52.8 Å². The molecule has 0 fully saturated rings. The number of nitrogens with zero attached hydrogens (tertiary/aromatic N) is 4. The number of halogens is 3. The van der Waals surface area contributed by atoms with Crippen LogP contribution in [0.4, 0.5) is 11.4 Å². The Kier molecular flexibility index (Phi) is 20.2. The van der Waals surface area contributed by atoms with E-state index in [2.05, 4.69) is 44.8 Å². The number of anilines is 2. The van der Waals surface area contributed by atoms with Crippen molar-refractivity contribution in [2.24, 2.45) is 0 Å². The number of unbranched alkanes of at least 4 members (excludes halogenated alkanes) is 2. The van der Waals surface area contributed by atoms with Gasteiger partial charge in [0.05, 0.1) is 37.8 Å². The molecule has 25 heteroatoms. The molecule has 0 radical (unpaired) electrons. The zero-order valence-electron chi connectivity index (χ0n) is 42.5. The Balaban J connectivity index is 0.894. The Labute approximate surface area is 486 Å². The smallest absolute Gasteiger partial charge is 0.294 e. The van der Waals surface area contributed by atoms with Crippen molar-refractivity contribution in [3.63, 3.8) is 0 Å². The minimum absolute atomic E-state index is 0.0240. The number of allylic oxidation sites excluding steroid dienone is 4. The Morgan fingerprint density at radius 2 is 1.10 bits per heavy atom. The molecule has 4 N–H and O–H groups in total. The van der Waals surface area contributed by atoms with Crippen LogP contribution in [0.1, 0.15) is 81.7 Å². The summed E-state index contributed by atoms with van der Waals surface area (Å²) in [5.74, 6) is -0.821. The van der Waals surface area contributed by atoms with Crippen LogP contribution in [0.2, 0.25) is 15.1 Å². The number of aryl methyl sites for hydroxylation is 2. The maximum absolute atomic E-state index is 13.2. The third kappa shape index (κ3) is 15.9. The molecule has 4 heterocycles. The quantitative estimate of drug-likeness (QED) is 0.0239. The molecule has 2 aliphatic rings. The second-order valence-electron chi connectivity index (χ2n) is 18.5. The fourth-order valence-corrected chi connectivity index (χ4v) is 15.7. The van der Waals surface area contributed by atoms with Gasteiger partial charge in [-0.2, -0.15) is 34.4 Å². The molecule has 0 bridgehead atoms. The van der Waals surface area contributed by atoms with Crippen LogP contribution in [0.5, 0.6) is 0 Å². The van der Waals surface area contributed by atoms with Gasteiger partial charge in [-0.1, -0.05) is 94.8 Å². The second-order valence-corrected chi connectivity index (χ2v) is 28.7. The fraction of sp³-hybridized carbons (Fsp3) is 0.340. The number of fused-ring (bicyclic) bond motifs is 4. The van der Waals surface area contributed by atoms with Crippen molar-refractivity contribution in [2.45, 2.75) is 99.4 Å². The molecular weight excluding hydrogens is 1200 g/mol. The molecule has 0 aliphatic carbocycles. The van der Waals surface area contributed by atoms with E-state index in [1.165, 1.54) is 23.5 Å². The van der Waals surface area contributed by atoms with E-state index in [-0.39, 0.29) is 35.9 Å². The molecule has 0 saturated carbocycles. The van der Waals surface area contributed by atoms with Gasteiger partial charge < -0.3 is 15.1 Å². The summed E-state index contributed by atoms with van der Waals surface area (Å²) in [7, 11) is -12.8. The lowest BCUT2D eigenvalue weighted by molar-refractivity contribution is -0.668. The Morgan fingerprint density at radius 1 is 0.603 bits per heavy atom. The molecule has 1 amide bonds. The number of aromatic nitrogens is 2. The maximum atomic E-state index is 13.2. The van der Waals surface area contributed by atoms with Gasteiger partial charge in [-0.05, 0) is 122 Å². The van der Waals surface area contributed by atoms with E-state index in [1.807, 2.05) is 72.2 Å². The van der Waals surface area contributed by atoms with Crippen LogP contribution in [-0.4, -0.2) is 76.0 Å². The Bertz CT molecular complexity index is 3730. The number of thioether (sulfide) groups is 2. The van der Waals surface area contributed by atoms with Gasteiger partial charge in [0.2, 0.25) is 16.9 Å². The molecule has 0 saturated heterocycles. The van der Waals surface area contributed by atoms with Crippen LogP contribution in [0, 0.1) is 0 Å². The maximum Gasteiger partial charge on any atom is 0.294 e. The summed E-state index contributed by atoms with van der Waals surface area (Å²) in [6, 6.07) is 21.6. The summed E-state index contributed by atoms with van der Waals surface area (Å²) in [4.78, 5) is 19.6. The molecular formula is C53H58Cl3N5O10S7+2. The van der Waals surface area contributed by atoms with Crippen LogP contribution >= 0.6 is 81.0 Å². The molecule has 2 aromatic heterocycles. The predicted molar refractivity (Wildman–Crippen MR) is 319 cm³/mol. The minimum atomic E-state index is -4.47. The normalized spacial score (nSPS) is 15.4. The van der Waals surface area contributed by atoms with Crippen molar-refractivity contribution in [3.05, 3.63) is 131 Å². The Hall–Kier alpha value is -4.01. The van der Waals surface area contributed by atoms with E-state index in [1.54, 1.807) is 40.9 Å². The molecule has 416 valence electrons. The highest BCUT2D eigenvalue weighted by molar-refractivity contribution is 8.04. The van der Waals surface area contributed by atoms with Crippen LogP contribution in [-0.2, 0) is 48.2 Å². The van der Waals surface area contributed by atoms with Gasteiger partial charge in [-0.3, -0.25) is 18.5 Å². The number of thiazole rings is 2. The van der Waals surface area contributed by atoms with Crippen molar-refractivity contribution in [1.82, 2.24) is 5.32 Å². The number of carbonyl (C=O) groups is 1. The monoisotopic (exact) mass is 1250 g/mol. The van der Waals surface area contributed by atoms with Gasteiger partial charge in [0.15, 0.2) is 13.1 Å². The lowest BCUT2D eigenvalue weighted by Gasteiger charge is -2.21. The zero-order valence-corrected chi connectivity index (χ0v) is 50.5. The molecule has 8 rings (SSSR count). The highest BCUT2D eigenvalue weighted by atomic mass is 35.5. The average Bonchev–Trinajstić information content (AvgIpc) is 4.12. The average molecular weight is 1260 g/mol. The number of carbonyl (C=O) groups excluding carboxylic acids is 1. The highest BCUT2D eigenvalue weighted by Gasteiger charge is 2.29. The van der Waals surface area contributed by atoms with Gasteiger partial charge in [0.25, 0.3) is 40.4 Å². The van der Waals surface area contributed by atoms with Gasteiger partial charge >= 0.3 is 0 Å². The standard InChI is InChI=1S/C53H56Cl3N5O10S7/c1-3-35(27-50-58(23-9-25-76(63,64)65)41-16-15-40(78(69,70)71)34-48(41)75-50)28-51-59(42-31-37(54)12-17-45(42)72-51)21-7-5-11-49(62)57-20-6-8-22-60-43-32-38(55)13-18-46(43)73-52(60)29-36(4-2)30-53-61(24-10-26-77(66,67)68)44-33-39(56)14-19-47(44)74-53/h12-19,27-34H,3-11,20-26H2,1-2H3,(H2-2,57,62,63,64,65,66,67,68,69,70,71)/p+2. The number of amides is 1. The first kappa shape index (κ1) is 60.1. The Morgan fingerprint density at radius 3 is 1.63 bits per heavy atom. The first-order chi connectivity index (χ1) is 37.0. The topological polar surface area (TPSA) is 206 Å². The summed E-state index contributed by atoms with van der Waals surface area (Å²) in [5.41, 5.74) is 5.53. The van der Waals surface area contributed by atoms with Gasteiger partial charge in [-0.25, -0.2) is 0 Å². The van der Waals surface area contributed by atoms with Gasteiger partial charge in [0.1, 0.15) is 9.40 Å². The predicted octanol–water partition coefficient (Wildman–Crippen LogP) is 12.7. The van der Waals surface area contributed by atoms with Crippen molar-refractivity contribution in [2.75, 3.05) is 40.9 Å². The molecule has 0 spiro atoms. The first-order valence-corrected chi connectivity index (χ1v) is 34.2. The molecule has 6 aromatic rings. The lowest BCUT2D eigenvalue weighted by Crippen LogP contribution is -2.36. The SMILES string of the molecule is CCC(=Cc1sc2cc(S(=O)(=O)O)ccc2[n+]1CCCS(=O)(=O)O)C=C1Sc2ccc(Cl)cc2N1CCCCC(=O)NCCCCN1C(=CC(=Cc2sc3ccc(Cl)cc3[n+]2CCCS(=O)(=O)O)CC)Sc2ccc(Cl)cc21. The van der Waals surface area contributed by atoms with Crippen LogP contribution in [0.3, 0.4) is 0 Å². The first-order valence-electron chi connectivity index (χ1n) is 25.1. The molecule has 4 aromatic carbocycles. The largest absolute Gasteiger partial charge is 0.356 e. The highest BCUT2D eigenvalue weighted by Crippen LogP contribution is 2.49. The van der Waals surface area contributed by atoms with Crippen LogP contribution in [0.25, 0.3) is 32.6 Å². The fourth-order valence-electron chi connectivity index (χ4n) is 9.02. The van der Waals surface area contributed by atoms with Crippen LogP contribution < -0.4 is 24.3 Å². The molecule has 0 atom stereocenters. The van der Waals surface area contributed by atoms with E-state index in [0.717, 1.165) is 81.9 Å².